The Morgan fingerprint density at radius 3 is 2.47 bits per heavy atom. The Hall–Kier alpha value is -1.59. The van der Waals surface area contributed by atoms with Crippen molar-refractivity contribution >= 4 is 5.97 Å². The van der Waals surface area contributed by atoms with E-state index in [4.69, 9.17) is 15.2 Å². The Bertz CT molecular complexity index is 508. The first kappa shape index (κ1) is 13.8. The zero-order valence-electron chi connectivity index (χ0n) is 11.4. The molecule has 1 aromatic carbocycles. The van der Waals surface area contributed by atoms with Crippen molar-refractivity contribution < 1.29 is 19.4 Å². The fourth-order valence-electron chi connectivity index (χ4n) is 2.61. The number of rotatable bonds is 4. The van der Waals surface area contributed by atoms with Gasteiger partial charge < -0.3 is 20.3 Å². The molecule has 0 bridgehead atoms. The Morgan fingerprint density at radius 1 is 1.42 bits per heavy atom. The number of ether oxygens (including phenoxy) is 2. The molecule has 2 rings (SSSR count). The molecule has 0 radical (unpaired) electrons. The fourth-order valence-corrected chi connectivity index (χ4v) is 2.61. The summed E-state index contributed by atoms with van der Waals surface area (Å²) in [7, 11) is 1.62. The van der Waals surface area contributed by atoms with E-state index in [0.29, 0.717) is 13.2 Å². The minimum atomic E-state index is -1.00. The van der Waals surface area contributed by atoms with Crippen LogP contribution in [0.25, 0.3) is 0 Å². The summed E-state index contributed by atoms with van der Waals surface area (Å²) < 4.78 is 10.5. The van der Waals surface area contributed by atoms with E-state index in [0.717, 1.165) is 22.4 Å². The summed E-state index contributed by atoms with van der Waals surface area (Å²) in [6.07, 6.45) is 0. The second-order valence-corrected chi connectivity index (χ2v) is 5.10. The maximum Gasteiger partial charge on any atom is 0.321 e. The number of benzene rings is 1. The lowest BCUT2D eigenvalue weighted by atomic mass is 9.70. The number of carboxylic acid groups (broad SMARTS) is 1. The van der Waals surface area contributed by atoms with Crippen LogP contribution < -0.4 is 10.5 Å². The van der Waals surface area contributed by atoms with Crippen LogP contribution >= 0.6 is 0 Å². The van der Waals surface area contributed by atoms with Crippen molar-refractivity contribution in [2.75, 3.05) is 20.3 Å². The van der Waals surface area contributed by atoms with Crippen molar-refractivity contribution in [1.82, 2.24) is 0 Å². The summed E-state index contributed by atoms with van der Waals surface area (Å²) in [5, 5.41) is 9.20. The van der Waals surface area contributed by atoms with E-state index < -0.39 is 17.4 Å². The Morgan fingerprint density at radius 2 is 2.05 bits per heavy atom. The lowest BCUT2D eigenvalue weighted by Gasteiger charge is -2.45. The molecule has 0 aromatic heterocycles. The molecule has 1 aliphatic rings. The van der Waals surface area contributed by atoms with Crippen LogP contribution in [0.1, 0.15) is 16.7 Å². The lowest BCUT2D eigenvalue weighted by molar-refractivity contribution is -0.148. The molecule has 1 aliphatic heterocycles. The predicted molar refractivity (Wildman–Crippen MR) is 70.6 cm³/mol. The van der Waals surface area contributed by atoms with Crippen LogP contribution in [-0.2, 0) is 14.9 Å². The molecule has 5 heteroatoms. The largest absolute Gasteiger partial charge is 0.496 e. The number of hydrogen-bond acceptors (Lipinski definition) is 4. The normalized spacial score (nSPS) is 18.5. The third-order valence-electron chi connectivity index (χ3n) is 3.86. The summed E-state index contributed by atoms with van der Waals surface area (Å²) in [4.78, 5) is 11.2. The van der Waals surface area contributed by atoms with Gasteiger partial charge in [-0.15, -0.1) is 0 Å². The number of methoxy groups -OCH3 is 1. The van der Waals surface area contributed by atoms with Crippen LogP contribution in [0.5, 0.6) is 5.75 Å². The van der Waals surface area contributed by atoms with Crippen molar-refractivity contribution in [3.05, 3.63) is 28.8 Å². The smallest absolute Gasteiger partial charge is 0.321 e. The third kappa shape index (κ3) is 2.09. The maximum atomic E-state index is 11.2. The number of carboxylic acids is 1. The van der Waals surface area contributed by atoms with Crippen molar-refractivity contribution in [2.24, 2.45) is 5.73 Å². The van der Waals surface area contributed by atoms with E-state index >= 15 is 0 Å². The molecule has 1 aromatic rings. The molecule has 1 saturated heterocycles. The van der Waals surface area contributed by atoms with E-state index in [1.54, 1.807) is 7.11 Å². The molecule has 3 N–H and O–H groups in total. The lowest BCUT2D eigenvalue weighted by Crippen LogP contribution is -2.62. The highest BCUT2D eigenvalue weighted by Gasteiger charge is 2.49. The summed E-state index contributed by atoms with van der Waals surface area (Å²) in [6.45, 7) is 4.55. The highest BCUT2D eigenvalue weighted by atomic mass is 16.5. The number of hydrogen-bond donors (Lipinski definition) is 2. The van der Waals surface area contributed by atoms with Crippen molar-refractivity contribution in [2.45, 2.75) is 25.3 Å². The second kappa shape index (κ2) is 4.83. The molecule has 0 amide bonds. The van der Waals surface area contributed by atoms with E-state index in [-0.39, 0.29) is 0 Å². The Labute approximate surface area is 112 Å². The van der Waals surface area contributed by atoms with Gasteiger partial charge in [0.05, 0.1) is 25.7 Å². The van der Waals surface area contributed by atoms with Gasteiger partial charge in [0.1, 0.15) is 11.8 Å². The van der Waals surface area contributed by atoms with Crippen LogP contribution in [0.2, 0.25) is 0 Å². The molecular weight excluding hydrogens is 246 g/mol. The van der Waals surface area contributed by atoms with E-state index in [1.807, 2.05) is 26.0 Å². The summed E-state index contributed by atoms with van der Waals surface area (Å²) in [5.74, 6) is -0.211. The van der Waals surface area contributed by atoms with Crippen LogP contribution in [0.15, 0.2) is 12.1 Å². The van der Waals surface area contributed by atoms with Gasteiger partial charge in [-0.2, -0.15) is 0 Å². The first-order valence-electron chi connectivity index (χ1n) is 6.14. The van der Waals surface area contributed by atoms with Gasteiger partial charge in [0.25, 0.3) is 0 Å². The van der Waals surface area contributed by atoms with E-state index in [2.05, 4.69) is 0 Å². The first-order chi connectivity index (χ1) is 8.92. The molecule has 1 atom stereocenters. The molecule has 0 aliphatic carbocycles. The quantitative estimate of drug-likeness (QED) is 0.848. The van der Waals surface area contributed by atoms with Crippen LogP contribution in [0, 0.1) is 13.8 Å². The van der Waals surface area contributed by atoms with Gasteiger partial charge in [0, 0.05) is 0 Å². The summed E-state index contributed by atoms with van der Waals surface area (Å²) in [6, 6.07) is 2.91. The van der Waals surface area contributed by atoms with Gasteiger partial charge in [-0.3, -0.25) is 4.79 Å². The zero-order valence-corrected chi connectivity index (χ0v) is 11.4. The van der Waals surface area contributed by atoms with Gasteiger partial charge in [0.2, 0.25) is 0 Å². The van der Waals surface area contributed by atoms with E-state index in [1.165, 1.54) is 0 Å². The average Bonchev–Trinajstić information content (AvgIpc) is 2.31. The molecular formula is C14H19NO4. The molecule has 1 fully saturated rings. The fraction of sp³-hybridized carbons (Fsp3) is 0.500. The average molecular weight is 265 g/mol. The topological polar surface area (TPSA) is 81.8 Å². The molecule has 0 saturated carbocycles. The minimum absolute atomic E-state index is 0.340. The van der Waals surface area contributed by atoms with Gasteiger partial charge >= 0.3 is 5.97 Å². The van der Waals surface area contributed by atoms with Crippen molar-refractivity contribution in [1.29, 1.82) is 0 Å². The molecule has 5 nitrogen and oxygen atoms in total. The SMILES string of the molecule is COc1cc(C)c(C2(C(N)C(=O)O)COC2)cc1C. The highest BCUT2D eigenvalue weighted by Crippen LogP contribution is 2.39. The number of aryl methyl sites for hydroxylation is 2. The minimum Gasteiger partial charge on any atom is -0.496 e. The highest BCUT2D eigenvalue weighted by molar-refractivity contribution is 5.76. The maximum absolute atomic E-state index is 11.2. The Balaban J connectivity index is 2.50. The zero-order chi connectivity index (χ0) is 14.2. The summed E-state index contributed by atoms with van der Waals surface area (Å²) in [5.41, 5.74) is 8.11. The van der Waals surface area contributed by atoms with Crippen LogP contribution in [-0.4, -0.2) is 37.4 Å². The molecule has 1 heterocycles. The van der Waals surface area contributed by atoms with Crippen LogP contribution in [0.3, 0.4) is 0 Å². The summed E-state index contributed by atoms with van der Waals surface area (Å²) >= 11 is 0. The van der Waals surface area contributed by atoms with Crippen molar-refractivity contribution in [3.8, 4) is 5.75 Å². The molecule has 19 heavy (non-hydrogen) atoms. The van der Waals surface area contributed by atoms with E-state index in [9.17, 15) is 9.90 Å². The van der Waals surface area contributed by atoms with Gasteiger partial charge in [0.15, 0.2) is 0 Å². The molecule has 1 unspecified atom stereocenters. The van der Waals surface area contributed by atoms with Gasteiger partial charge in [-0.1, -0.05) is 6.07 Å². The van der Waals surface area contributed by atoms with Crippen LogP contribution in [0.4, 0.5) is 0 Å². The Kier molecular flexibility index (Phi) is 3.52. The second-order valence-electron chi connectivity index (χ2n) is 5.10. The standard InChI is InChI=1S/C14H19NO4/c1-8-5-11(18-3)9(2)4-10(8)14(6-19-7-14)12(15)13(16)17/h4-5,12H,6-7,15H2,1-3H3,(H,16,17). The molecule has 104 valence electrons. The number of nitrogens with two attached hydrogens (primary N) is 1. The molecule has 0 spiro atoms. The predicted octanol–water partition coefficient (Wildman–Crippen LogP) is 0.992. The first-order valence-corrected chi connectivity index (χ1v) is 6.14. The van der Waals surface area contributed by atoms with Gasteiger partial charge in [-0.05, 0) is 36.6 Å². The van der Waals surface area contributed by atoms with Gasteiger partial charge in [-0.25, -0.2) is 0 Å². The third-order valence-corrected chi connectivity index (χ3v) is 3.86. The van der Waals surface area contributed by atoms with Crippen molar-refractivity contribution in [3.63, 3.8) is 0 Å². The number of aliphatic carboxylic acids is 1. The number of carbonyl (C=O) groups is 1. The monoisotopic (exact) mass is 265 g/mol.